The molecule has 6 heteroatoms. The van der Waals surface area contributed by atoms with Crippen LogP contribution >= 0.6 is 11.3 Å². The van der Waals surface area contributed by atoms with E-state index >= 15 is 0 Å². The summed E-state index contributed by atoms with van der Waals surface area (Å²) in [5.41, 5.74) is 1.50. The average molecular weight is 343 g/mol. The zero-order chi connectivity index (χ0) is 16.5. The number of nitrogens with zero attached hydrogens (tertiary/aromatic N) is 2. The highest BCUT2D eigenvalue weighted by molar-refractivity contribution is 7.08. The average Bonchev–Trinajstić information content (AvgIpc) is 3.07. The van der Waals surface area contributed by atoms with Gasteiger partial charge in [0.15, 0.2) is 0 Å². The van der Waals surface area contributed by atoms with Gasteiger partial charge < -0.3 is 9.88 Å². The predicted molar refractivity (Wildman–Crippen MR) is 93.8 cm³/mol. The number of likely N-dealkylation sites (tertiary alicyclic amines) is 1. The van der Waals surface area contributed by atoms with E-state index in [1.807, 2.05) is 21.7 Å². The number of carbonyl (C=O) groups excluding carboxylic acids is 1. The number of aromatic amines is 1. The molecule has 4 rings (SSSR count). The van der Waals surface area contributed by atoms with Crippen LogP contribution in [0.5, 0.6) is 0 Å². The van der Waals surface area contributed by atoms with E-state index in [2.05, 4.69) is 4.98 Å². The summed E-state index contributed by atoms with van der Waals surface area (Å²) in [6.45, 7) is 0.770. The minimum atomic E-state index is -0.150. The highest BCUT2D eigenvalue weighted by Crippen LogP contribution is 2.35. The highest BCUT2D eigenvalue weighted by atomic mass is 32.1. The van der Waals surface area contributed by atoms with Crippen molar-refractivity contribution in [3.05, 3.63) is 39.1 Å². The largest absolute Gasteiger partial charge is 0.332 e. The molecular formula is C18H21N3O2S. The van der Waals surface area contributed by atoms with Gasteiger partial charge in [0.1, 0.15) is 5.82 Å². The molecule has 0 bridgehead atoms. The van der Waals surface area contributed by atoms with Gasteiger partial charge in [-0.05, 0) is 43.6 Å². The Hall–Kier alpha value is -1.95. The zero-order valence-corrected chi connectivity index (χ0v) is 14.3. The van der Waals surface area contributed by atoms with Crippen LogP contribution in [0.1, 0.15) is 50.4 Å². The van der Waals surface area contributed by atoms with E-state index in [4.69, 9.17) is 4.98 Å². The molecule has 2 aromatic rings. The fourth-order valence-corrected chi connectivity index (χ4v) is 4.21. The van der Waals surface area contributed by atoms with E-state index in [0.29, 0.717) is 11.5 Å². The van der Waals surface area contributed by atoms with Crippen molar-refractivity contribution < 1.29 is 4.79 Å². The monoisotopic (exact) mass is 343 g/mol. The normalized spacial score (nSPS) is 21.5. The van der Waals surface area contributed by atoms with Gasteiger partial charge in [0.25, 0.3) is 5.56 Å². The zero-order valence-electron chi connectivity index (χ0n) is 13.5. The summed E-state index contributed by atoms with van der Waals surface area (Å²) in [6, 6.07) is 3.40. The molecule has 3 heterocycles. The molecule has 24 heavy (non-hydrogen) atoms. The minimum Gasteiger partial charge on any atom is -0.332 e. The second-order valence-electron chi connectivity index (χ2n) is 6.70. The van der Waals surface area contributed by atoms with Crippen LogP contribution in [0.4, 0.5) is 0 Å². The van der Waals surface area contributed by atoms with Gasteiger partial charge >= 0.3 is 0 Å². The van der Waals surface area contributed by atoms with E-state index < -0.39 is 0 Å². The summed E-state index contributed by atoms with van der Waals surface area (Å²) in [6.07, 6.45) is 6.11. The lowest BCUT2D eigenvalue weighted by atomic mass is 9.83. The van der Waals surface area contributed by atoms with Crippen molar-refractivity contribution in [3.8, 4) is 11.3 Å². The summed E-state index contributed by atoms with van der Waals surface area (Å²) in [4.78, 5) is 34.4. The number of piperidine rings is 1. The van der Waals surface area contributed by atoms with Crippen molar-refractivity contribution in [1.82, 2.24) is 14.9 Å². The van der Waals surface area contributed by atoms with Crippen LogP contribution in [0.3, 0.4) is 0 Å². The Morgan fingerprint density at radius 3 is 2.83 bits per heavy atom. The van der Waals surface area contributed by atoms with Gasteiger partial charge in [-0.1, -0.05) is 6.42 Å². The van der Waals surface area contributed by atoms with Gasteiger partial charge in [-0.15, -0.1) is 0 Å². The number of thiophene rings is 1. The molecule has 0 radical (unpaired) electrons. The maximum Gasteiger partial charge on any atom is 0.251 e. The van der Waals surface area contributed by atoms with Gasteiger partial charge in [-0.25, -0.2) is 4.98 Å². The number of hydrogen-bond donors (Lipinski definition) is 1. The van der Waals surface area contributed by atoms with Crippen molar-refractivity contribution in [2.45, 2.75) is 44.6 Å². The van der Waals surface area contributed by atoms with Crippen molar-refractivity contribution in [2.24, 2.45) is 5.92 Å². The van der Waals surface area contributed by atoms with E-state index in [0.717, 1.165) is 50.6 Å². The quantitative estimate of drug-likeness (QED) is 0.929. The molecule has 1 saturated carbocycles. The maximum absolute atomic E-state index is 12.8. The Morgan fingerprint density at radius 2 is 2.12 bits per heavy atom. The van der Waals surface area contributed by atoms with Crippen LogP contribution in [0, 0.1) is 5.92 Å². The fourth-order valence-electron chi connectivity index (χ4n) is 3.56. The summed E-state index contributed by atoms with van der Waals surface area (Å²) < 4.78 is 0. The first-order valence-electron chi connectivity index (χ1n) is 8.67. The Morgan fingerprint density at radius 1 is 1.25 bits per heavy atom. The van der Waals surface area contributed by atoms with Crippen LogP contribution in [0.15, 0.2) is 27.7 Å². The molecule has 2 fully saturated rings. The molecule has 1 amide bonds. The topological polar surface area (TPSA) is 66.1 Å². The smallest absolute Gasteiger partial charge is 0.251 e. The first-order chi connectivity index (χ1) is 11.7. The second kappa shape index (κ2) is 6.51. The van der Waals surface area contributed by atoms with Gasteiger partial charge in [-0.3, -0.25) is 9.59 Å². The molecule has 1 atom stereocenters. The molecule has 126 valence electrons. The lowest BCUT2D eigenvalue weighted by Gasteiger charge is -2.39. The SMILES string of the molecule is O=C(C1CCC1)N1CCCCC1c1nc(-c2ccsc2)cc(=O)[nH]1. The standard InChI is InChI=1S/C18H21N3O2S/c22-16-10-14(13-7-9-24-11-13)19-17(20-16)15-6-1-2-8-21(15)18(23)12-4-3-5-12/h7,9-12,15H,1-6,8H2,(H,19,20,22). The molecule has 1 saturated heterocycles. The molecular weight excluding hydrogens is 322 g/mol. The van der Waals surface area contributed by atoms with Crippen LogP contribution < -0.4 is 5.56 Å². The third-order valence-corrected chi connectivity index (χ3v) is 5.82. The first kappa shape index (κ1) is 15.6. The molecule has 2 aromatic heterocycles. The van der Waals surface area contributed by atoms with E-state index in [9.17, 15) is 9.59 Å². The Balaban J connectivity index is 1.67. The Kier molecular flexibility index (Phi) is 4.22. The highest BCUT2D eigenvalue weighted by Gasteiger charge is 2.36. The Labute approximate surface area is 144 Å². The molecule has 0 aromatic carbocycles. The van der Waals surface area contributed by atoms with Crippen molar-refractivity contribution >= 4 is 17.2 Å². The molecule has 1 aliphatic heterocycles. The number of hydrogen-bond acceptors (Lipinski definition) is 4. The summed E-state index contributed by atoms with van der Waals surface area (Å²) in [5, 5.41) is 3.97. The van der Waals surface area contributed by atoms with Crippen molar-refractivity contribution in [2.75, 3.05) is 6.54 Å². The first-order valence-corrected chi connectivity index (χ1v) is 9.61. The molecule has 1 unspecified atom stereocenters. The lowest BCUT2D eigenvalue weighted by Crippen LogP contribution is -2.44. The van der Waals surface area contributed by atoms with Gasteiger partial charge in [0.05, 0.1) is 11.7 Å². The van der Waals surface area contributed by atoms with E-state index in [1.54, 1.807) is 11.3 Å². The number of aromatic nitrogens is 2. The summed E-state index contributed by atoms with van der Waals surface area (Å²) in [7, 11) is 0. The lowest BCUT2D eigenvalue weighted by molar-refractivity contribution is -0.142. The molecule has 5 nitrogen and oxygen atoms in total. The number of carbonyl (C=O) groups is 1. The summed E-state index contributed by atoms with van der Waals surface area (Å²) in [5.74, 6) is 1.06. The number of rotatable bonds is 3. The minimum absolute atomic E-state index is 0.0989. The molecule has 2 aliphatic rings. The van der Waals surface area contributed by atoms with Crippen molar-refractivity contribution in [1.29, 1.82) is 0 Å². The van der Waals surface area contributed by atoms with Crippen LogP contribution in [0.2, 0.25) is 0 Å². The van der Waals surface area contributed by atoms with E-state index in [-0.39, 0.29) is 23.4 Å². The third kappa shape index (κ3) is 2.90. The number of nitrogens with one attached hydrogen (secondary N) is 1. The van der Waals surface area contributed by atoms with Crippen LogP contribution in [0.25, 0.3) is 11.3 Å². The number of H-pyrrole nitrogens is 1. The van der Waals surface area contributed by atoms with Crippen LogP contribution in [-0.4, -0.2) is 27.3 Å². The maximum atomic E-state index is 12.8. The predicted octanol–water partition coefficient (Wildman–Crippen LogP) is 3.35. The van der Waals surface area contributed by atoms with Crippen LogP contribution in [-0.2, 0) is 4.79 Å². The summed E-state index contributed by atoms with van der Waals surface area (Å²) >= 11 is 1.58. The van der Waals surface area contributed by atoms with E-state index in [1.165, 1.54) is 6.07 Å². The Bertz CT molecular complexity index is 780. The van der Waals surface area contributed by atoms with Gasteiger partial charge in [0.2, 0.25) is 5.91 Å². The molecule has 1 aliphatic carbocycles. The van der Waals surface area contributed by atoms with Crippen molar-refractivity contribution in [3.63, 3.8) is 0 Å². The third-order valence-electron chi connectivity index (χ3n) is 5.13. The molecule has 1 N–H and O–H groups in total. The number of amides is 1. The molecule has 0 spiro atoms. The fraction of sp³-hybridized carbons (Fsp3) is 0.500. The van der Waals surface area contributed by atoms with Gasteiger partial charge in [0, 0.05) is 29.5 Å². The van der Waals surface area contributed by atoms with Gasteiger partial charge in [-0.2, -0.15) is 11.3 Å². The second-order valence-corrected chi connectivity index (χ2v) is 7.48.